The maximum atomic E-state index is 12.8. The van der Waals surface area contributed by atoms with E-state index >= 15 is 0 Å². The smallest absolute Gasteiger partial charge is 0.236 e. The van der Waals surface area contributed by atoms with Crippen molar-refractivity contribution in [1.29, 1.82) is 0 Å². The second-order valence-corrected chi connectivity index (χ2v) is 4.80. The van der Waals surface area contributed by atoms with Crippen LogP contribution in [0.1, 0.15) is 31.9 Å². The van der Waals surface area contributed by atoms with Crippen LogP contribution in [0.25, 0.3) is 0 Å². The first-order valence-corrected chi connectivity index (χ1v) is 6.82. The molecule has 0 heterocycles. The largest absolute Gasteiger partial charge is 0.385 e. The molecule has 0 saturated carbocycles. The van der Waals surface area contributed by atoms with E-state index in [4.69, 9.17) is 4.74 Å². The molecule has 1 aromatic carbocycles. The van der Waals surface area contributed by atoms with Crippen molar-refractivity contribution in [2.45, 2.75) is 32.4 Å². The number of amides is 1. The zero-order chi connectivity index (χ0) is 15.0. The van der Waals surface area contributed by atoms with Crippen LogP contribution in [0.3, 0.4) is 0 Å². The Balaban J connectivity index is 2.38. The van der Waals surface area contributed by atoms with Crippen molar-refractivity contribution in [1.82, 2.24) is 10.6 Å². The van der Waals surface area contributed by atoms with Crippen molar-refractivity contribution in [2.24, 2.45) is 0 Å². The number of carbonyl (C=O) groups is 1. The van der Waals surface area contributed by atoms with E-state index < -0.39 is 0 Å². The van der Waals surface area contributed by atoms with Crippen molar-refractivity contribution in [3.8, 4) is 0 Å². The minimum absolute atomic E-state index is 0.0182. The Kier molecular flexibility index (Phi) is 7.18. The molecular weight excluding hydrogens is 259 g/mol. The van der Waals surface area contributed by atoms with Crippen LogP contribution in [0, 0.1) is 5.82 Å². The number of halogens is 1. The van der Waals surface area contributed by atoms with Gasteiger partial charge in [0.1, 0.15) is 5.82 Å². The maximum absolute atomic E-state index is 12.8. The van der Waals surface area contributed by atoms with Crippen LogP contribution in [0.5, 0.6) is 0 Å². The number of methoxy groups -OCH3 is 1. The lowest BCUT2D eigenvalue weighted by atomic mass is 10.1. The van der Waals surface area contributed by atoms with Crippen molar-refractivity contribution in [3.63, 3.8) is 0 Å². The highest BCUT2D eigenvalue weighted by atomic mass is 19.1. The van der Waals surface area contributed by atoms with Gasteiger partial charge >= 0.3 is 0 Å². The molecule has 0 saturated heterocycles. The number of nitrogens with one attached hydrogen (secondary N) is 2. The SMILES string of the molecule is COCCCNC(=O)C(C)N[C@@H](C)c1ccc(F)cc1. The van der Waals surface area contributed by atoms with E-state index in [1.165, 1.54) is 12.1 Å². The van der Waals surface area contributed by atoms with Gasteiger partial charge in [0.15, 0.2) is 0 Å². The fourth-order valence-electron chi connectivity index (χ4n) is 1.88. The normalized spacial score (nSPS) is 13.8. The van der Waals surface area contributed by atoms with Crippen LogP contribution in [0.4, 0.5) is 4.39 Å². The Bertz CT molecular complexity index is 409. The van der Waals surface area contributed by atoms with Gasteiger partial charge in [0.05, 0.1) is 6.04 Å². The number of ether oxygens (including phenoxy) is 1. The minimum atomic E-state index is -0.308. The Labute approximate surface area is 119 Å². The standard InChI is InChI=1S/C15H23FN2O2/c1-11(13-5-7-14(16)8-6-13)18-12(2)15(19)17-9-4-10-20-3/h5-8,11-12,18H,4,9-10H2,1-3H3,(H,17,19)/t11-,12?/m0/s1. The molecule has 0 bridgehead atoms. The topological polar surface area (TPSA) is 50.4 Å². The van der Waals surface area contributed by atoms with Crippen LogP contribution in [0.2, 0.25) is 0 Å². The van der Waals surface area contributed by atoms with E-state index in [0.717, 1.165) is 12.0 Å². The van der Waals surface area contributed by atoms with Gasteiger partial charge in [0, 0.05) is 26.3 Å². The van der Waals surface area contributed by atoms with Gasteiger partial charge in [-0.05, 0) is 38.0 Å². The highest BCUT2D eigenvalue weighted by molar-refractivity contribution is 5.81. The third-order valence-electron chi connectivity index (χ3n) is 3.09. The lowest BCUT2D eigenvalue weighted by Crippen LogP contribution is -2.43. The van der Waals surface area contributed by atoms with E-state index in [0.29, 0.717) is 13.2 Å². The molecule has 0 spiro atoms. The molecule has 0 radical (unpaired) electrons. The number of carbonyl (C=O) groups excluding carboxylic acids is 1. The summed E-state index contributed by atoms with van der Waals surface area (Å²) < 4.78 is 17.8. The summed E-state index contributed by atoms with van der Waals surface area (Å²) in [5.74, 6) is -0.306. The van der Waals surface area contributed by atoms with Gasteiger partial charge in [0.25, 0.3) is 0 Å². The molecule has 20 heavy (non-hydrogen) atoms. The number of hydrogen-bond donors (Lipinski definition) is 2. The van der Waals surface area contributed by atoms with Gasteiger partial charge in [-0.15, -0.1) is 0 Å². The molecule has 0 aliphatic rings. The lowest BCUT2D eigenvalue weighted by molar-refractivity contribution is -0.122. The molecule has 0 aromatic heterocycles. The third-order valence-corrected chi connectivity index (χ3v) is 3.09. The van der Waals surface area contributed by atoms with Gasteiger partial charge in [0.2, 0.25) is 5.91 Å². The van der Waals surface area contributed by atoms with Crippen molar-refractivity contribution < 1.29 is 13.9 Å². The molecule has 0 aliphatic heterocycles. The summed E-state index contributed by atoms with van der Waals surface area (Å²) in [4.78, 5) is 11.9. The molecule has 5 heteroatoms. The highest BCUT2D eigenvalue weighted by Crippen LogP contribution is 2.13. The summed E-state index contributed by atoms with van der Waals surface area (Å²) in [5.41, 5.74) is 0.949. The van der Waals surface area contributed by atoms with E-state index in [1.807, 2.05) is 13.8 Å². The average molecular weight is 282 g/mol. The first-order chi connectivity index (χ1) is 9.54. The maximum Gasteiger partial charge on any atom is 0.236 e. The fourth-order valence-corrected chi connectivity index (χ4v) is 1.88. The summed E-state index contributed by atoms with van der Waals surface area (Å²) in [6.45, 7) is 4.99. The molecule has 1 aromatic rings. The predicted octanol–water partition coefficient (Wildman–Crippen LogP) is 2.02. The molecule has 1 rings (SSSR count). The average Bonchev–Trinajstić information content (AvgIpc) is 2.44. The van der Waals surface area contributed by atoms with Gasteiger partial charge in [-0.2, -0.15) is 0 Å². The molecule has 1 amide bonds. The fraction of sp³-hybridized carbons (Fsp3) is 0.533. The second-order valence-electron chi connectivity index (χ2n) is 4.80. The summed E-state index contributed by atoms with van der Waals surface area (Å²) in [6.07, 6.45) is 0.794. The highest BCUT2D eigenvalue weighted by Gasteiger charge is 2.15. The van der Waals surface area contributed by atoms with Crippen LogP contribution in [-0.2, 0) is 9.53 Å². The molecule has 4 nitrogen and oxygen atoms in total. The van der Waals surface area contributed by atoms with E-state index in [1.54, 1.807) is 19.2 Å². The number of hydrogen-bond acceptors (Lipinski definition) is 3. The van der Waals surface area contributed by atoms with Gasteiger partial charge in [-0.1, -0.05) is 12.1 Å². The monoisotopic (exact) mass is 282 g/mol. The lowest BCUT2D eigenvalue weighted by Gasteiger charge is -2.20. The van der Waals surface area contributed by atoms with Crippen LogP contribution in [-0.4, -0.2) is 32.2 Å². The van der Waals surface area contributed by atoms with Crippen molar-refractivity contribution in [2.75, 3.05) is 20.3 Å². The summed E-state index contributed by atoms with van der Waals surface area (Å²) in [5, 5.41) is 6.03. The molecule has 2 N–H and O–H groups in total. The Hall–Kier alpha value is -1.46. The molecule has 2 atom stereocenters. The number of rotatable bonds is 8. The van der Waals surface area contributed by atoms with Crippen molar-refractivity contribution >= 4 is 5.91 Å². The van der Waals surface area contributed by atoms with E-state index in [-0.39, 0.29) is 23.8 Å². The van der Waals surface area contributed by atoms with Crippen LogP contribution < -0.4 is 10.6 Å². The van der Waals surface area contributed by atoms with Gasteiger partial charge in [-0.25, -0.2) is 4.39 Å². The van der Waals surface area contributed by atoms with E-state index in [9.17, 15) is 9.18 Å². The first kappa shape index (κ1) is 16.6. The summed E-state index contributed by atoms with van der Waals surface area (Å²) in [7, 11) is 1.64. The number of benzene rings is 1. The first-order valence-electron chi connectivity index (χ1n) is 6.82. The molecule has 0 aliphatic carbocycles. The van der Waals surface area contributed by atoms with E-state index in [2.05, 4.69) is 10.6 Å². The van der Waals surface area contributed by atoms with Crippen LogP contribution in [0.15, 0.2) is 24.3 Å². The van der Waals surface area contributed by atoms with Crippen LogP contribution >= 0.6 is 0 Å². The molecule has 1 unspecified atom stereocenters. The third kappa shape index (κ3) is 5.67. The Morgan fingerprint density at radius 3 is 2.55 bits per heavy atom. The summed E-state index contributed by atoms with van der Waals surface area (Å²) >= 11 is 0. The quantitative estimate of drug-likeness (QED) is 0.717. The Morgan fingerprint density at radius 2 is 1.95 bits per heavy atom. The summed E-state index contributed by atoms with van der Waals surface area (Å²) in [6, 6.07) is 5.95. The second kappa shape index (κ2) is 8.66. The van der Waals surface area contributed by atoms with Gasteiger partial charge in [-0.3, -0.25) is 10.1 Å². The molecule has 112 valence electrons. The van der Waals surface area contributed by atoms with Crippen molar-refractivity contribution in [3.05, 3.63) is 35.6 Å². The van der Waals surface area contributed by atoms with Gasteiger partial charge < -0.3 is 10.1 Å². The zero-order valence-corrected chi connectivity index (χ0v) is 12.3. The molecular formula is C15H23FN2O2. The minimum Gasteiger partial charge on any atom is -0.385 e. The zero-order valence-electron chi connectivity index (χ0n) is 12.3. The Morgan fingerprint density at radius 1 is 1.30 bits per heavy atom. The molecule has 0 fully saturated rings. The predicted molar refractivity (Wildman–Crippen MR) is 76.9 cm³/mol.